The number of nitrogen functional groups attached to an aromatic ring is 1. The number of rotatable bonds is 5. The van der Waals surface area contributed by atoms with Gasteiger partial charge in [-0.2, -0.15) is 5.10 Å². The molecule has 0 radical (unpaired) electrons. The summed E-state index contributed by atoms with van der Waals surface area (Å²) in [4.78, 5) is 32.4. The molecule has 166 valence electrons. The summed E-state index contributed by atoms with van der Waals surface area (Å²) in [5.41, 5.74) is 14.9. The van der Waals surface area contributed by atoms with Crippen molar-refractivity contribution in [3.05, 3.63) is 75.0 Å². The molecule has 2 amide bonds. The quantitative estimate of drug-likeness (QED) is 0.437. The number of aromatic nitrogens is 3. The number of benzene rings is 1. The largest absolute Gasteiger partial charge is 0.382 e. The van der Waals surface area contributed by atoms with Crippen LogP contribution in [0.3, 0.4) is 0 Å². The van der Waals surface area contributed by atoms with Crippen LogP contribution in [0.4, 0.5) is 11.5 Å². The molecule has 0 fully saturated rings. The molecule has 9 nitrogen and oxygen atoms in total. The number of nitrogens with two attached hydrogens (primary N) is 2. The van der Waals surface area contributed by atoms with Crippen molar-refractivity contribution in [2.24, 2.45) is 10.7 Å². The monoisotopic (exact) mass is 441 g/mol. The summed E-state index contributed by atoms with van der Waals surface area (Å²) in [5, 5.41) is 12.5. The van der Waals surface area contributed by atoms with Crippen LogP contribution in [0.15, 0.2) is 47.7 Å². The van der Waals surface area contributed by atoms with E-state index in [1.165, 1.54) is 0 Å². The second kappa shape index (κ2) is 8.91. The maximum atomic E-state index is 11.8. The number of fused-ring (bicyclic) bond motifs is 1. The molecule has 3 aromatic rings. The number of carbonyl (C=O) groups excluding carboxylic acids is 2. The Bertz CT molecular complexity index is 1550. The molecular weight excluding hydrogens is 418 g/mol. The molecule has 6 N–H and O–H groups in total. The molecule has 3 heterocycles. The number of nitrogens with one attached hydrogen (secondary N) is 2. The van der Waals surface area contributed by atoms with Crippen molar-refractivity contribution in [3.63, 3.8) is 0 Å². The van der Waals surface area contributed by atoms with Gasteiger partial charge in [0, 0.05) is 34.2 Å². The van der Waals surface area contributed by atoms with Gasteiger partial charge in [0.1, 0.15) is 0 Å². The van der Waals surface area contributed by atoms with Crippen molar-refractivity contribution in [3.8, 4) is 0 Å². The van der Waals surface area contributed by atoms with Gasteiger partial charge in [-0.3, -0.25) is 19.7 Å². The van der Waals surface area contributed by atoms with E-state index >= 15 is 0 Å². The number of hydrogen-bond acceptors (Lipinski definition) is 6. The van der Waals surface area contributed by atoms with Crippen LogP contribution in [0.5, 0.6) is 0 Å². The van der Waals surface area contributed by atoms with Crippen molar-refractivity contribution in [2.75, 3.05) is 11.1 Å². The summed E-state index contributed by atoms with van der Waals surface area (Å²) in [5.74, 6) is -0.310. The first kappa shape index (κ1) is 21.7. The van der Waals surface area contributed by atoms with Crippen molar-refractivity contribution >= 4 is 46.7 Å². The van der Waals surface area contributed by atoms with Gasteiger partial charge in [0.25, 0.3) is 0 Å². The molecule has 0 unspecified atom stereocenters. The van der Waals surface area contributed by atoms with E-state index in [-0.39, 0.29) is 5.91 Å². The fraction of sp³-hybridized carbons (Fsp3) is 0.125. The third-order valence-electron chi connectivity index (χ3n) is 5.25. The summed E-state index contributed by atoms with van der Waals surface area (Å²) < 4.78 is 0. The molecule has 0 saturated heterocycles. The zero-order chi connectivity index (χ0) is 23.5. The average Bonchev–Trinajstić information content (AvgIpc) is 3.40. The highest BCUT2D eigenvalue weighted by Crippen LogP contribution is 2.19. The lowest BCUT2D eigenvalue weighted by atomic mass is 10.1. The molecule has 1 aliphatic heterocycles. The number of allylic oxidation sites excluding steroid dienone is 2. The second-order valence-electron chi connectivity index (χ2n) is 7.39. The SMILES string of the molecule is C/C=C(\C=c1/c(N)n[nH]c1=C1C=c2c(C(N)=O)cccc2=N1)c1cncc(NC(=O)CC)c1. The number of aromatic amines is 1. The minimum atomic E-state index is -0.519. The molecule has 4 rings (SSSR count). The van der Waals surface area contributed by atoms with Crippen LogP contribution in [-0.4, -0.2) is 27.0 Å². The lowest BCUT2D eigenvalue weighted by molar-refractivity contribution is -0.115. The highest BCUT2D eigenvalue weighted by atomic mass is 16.1. The highest BCUT2D eigenvalue weighted by molar-refractivity contribution is 5.95. The van der Waals surface area contributed by atoms with E-state index < -0.39 is 5.91 Å². The molecule has 9 heteroatoms. The first-order valence-electron chi connectivity index (χ1n) is 10.4. The van der Waals surface area contributed by atoms with E-state index in [9.17, 15) is 9.59 Å². The van der Waals surface area contributed by atoms with E-state index in [2.05, 4.69) is 25.5 Å². The molecule has 0 aliphatic carbocycles. The van der Waals surface area contributed by atoms with Crippen molar-refractivity contribution in [1.29, 1.82) is 0 Å². The third-order valence-corrected chi connectivity index (χ3v) is 5.25. The summed E-state index contributed by atoms with van der Waals surface area (Å²) in [6.45, 7) is 3.68. The standard InChI is InChI=1S/C24H23N7O2/c1-3-13(14-8-15(12-27-11-14)28-21(32)4-2)9-18-22(30-31-23(18)25)20-10-17-16(24(26)33)6-5-7-19(17)29-20/h3,5-12,30H,4H2,1-2H3,(H2,25,31)(H2,26,33)(H,28,32)/b13-3+,18-9-,22-20?. The van der Waals surface area contributed by atoms with Crippen molar-refractivity contribution in [2.45, 2.75) is 20.3 Å². The molecular formula is C24H23N7O2. The van der Waals surface area contributed by atoms with Crippen LogP contribution < -0.4 is 37.9 Å². The zero-order valence-corrected chi connectivity index (χ0v) is 18.2. The average molecular weight is 441 g/mol. The lowest BCUT2D eigenvalue weighted by Gasteiger charge is -2.06. The maximum absolute atomic E-state index is 11.8. The number of H-pyrrole nitrogens is 1. The Labute approximate surface area is 188 Å². The topological polar surface area (TPSA) is 152 Å². The number of pyridine rings is 1. The summed E-state index contributed by atoms with van der Waals surface area (Å²) in [7, 11) is 0. The van der Waals surface area contributed by atoms with Gasteiger partial charge < -0.3 is 16.8 Å². The number of primary amides is 1. The first-order chi connectivity index (χ1) is 15.9. The molecule has 0 atom stereocenters. The Balaban J connectivity index is 1.86. The number of anilines is 2. The molecule has 2 aromatic heterocycles. The smallest absolute Gasteiger partial charge is 0.249 e. The Kier molecular flexibility index (Phi) is 5.86. The molecule has 0 bridgehead atoms. The Morgan fingerprint density at radius 1 is 1.24 bits per heavy atom. The normalized spacial score (nSPS) is 15.0. The van der Waals surface area contributed by atoms with Crippen LogP contribution in [-0.2, 0) is 4.79 Å². The first-order valence-corrected chi connectivity index (χ1v) is 10.4. The van der Waals surface area contributed by atoms with Gasteiger partial charge in [-0.15, -0.1) is 0 Å². The minimum Gasteiger partial charge on any atom is -0.382 e. The number of nitrogens with zero attached hydrogens (tertiary/aromatic N) is 3. The van der Waals surface area contributed by atoms with E-state index in [1.54, 1.807) is 37.5 Å². The van der Waals surface area contributed by atoms with Crippen LogP contribution in [0.1, 0.15) is 36.2 Å². The van der Waals surface area contributed by atoms with Crippen molar-refractivity contribution in [1.82, 2.24) is 15.2 Å². The fourth-order valence-corrected chi connectivity index (χ4v) is 3.55. The Morgan fingerprint density at radius 2 is 2.06 bits per heavy atom. The minimum absolute atomic E-state index is 0.0917. The number of carbonyl (C=O) groups is 2. The summed E-state index contributed by atoms with van der Waals surface area (Å²) >= 11 is 0. The van der Waals surface area contributed by atoms with Gasteiger partial charge in [-0.05, 0) is 42.8 Å². The van der Waals surface area contributed by atoms with Gasteiger partial charge in [0.05, 0.1) is 28.3 Å². The molecule has 0 saturated carbocycles. The highest BCUT2D eigenvalue weighted by Gasteiger charge is 2.12. The number of amides is 2. The van der Waals surface area contributed by atoms with E-state index in [4.69, 9.17) is 11.5 Å². The van der Waals surface area contributed by atoms with E-state index in [1.807, 2.05) is 31.2 Å². The number of hydrogen-bond donors (Lipinski definition) is 4. The molecule has 0 spiro atoms. The molecule has 1 aromatic carbocycles. The van der Waals surface area contributed by atoms with E-state index in [0.29, 0.717) is 50.3 Å². The predicted molar refractivity (Wildman–Crippen MR) is 127 cm³/mol. The van der Waals surface area contributed by atoms with Crippen LogP contribution in [0.2, 0.25) is 0 Å². The lowest BCUT2D eigenvalue weighted by Crippen LogP contribution is -2.31. The zero-order valence-electron chi connectivity index (χ0n) is 18.2. The van der Waals surface area contributed by atoms with Gasteiger partial charge in [0.2, 0.25) is 11.8 Å². The summed E-state index contributed by atoms with van der Waals surface area (Å²) in [6.07, 6.45) is 9.26. The Morgan fingerprint density at radius 3 is 2.79 bits per heavy atom. The third kappa shape index (κ3) is 4.29. The van der Waals surface area contributed by atoms with Gasteiger partial charge in [0.15, 0.2) is 5.82 Å². The van der Waals surface area contributed by atoms with Crippen LogP contribution in [0.25, 0.3) is 23.4 Å². The molecule has 33 heavy (non-hydrogen) atoms. The van der Waals surface area contributed by atoms with Gasteiger partial charge in [-0.25, -0.2) is 4.99 Å². The fourth-order valence-electron chi connectivity index (χ4n) is 3.55. The maximum Gasteiger partial charge on any atom is 0.249 e. The molecule has 1 aliphatic rings. The van der Waals surface area contributed by atoms with E-state index in [0.717, 1.165) is 11.1 Å². The van der Waals surface area contributed by atoms with Gasteiger partial charge >= 0.3 is 0 Å². The van der Waals surface area contributed by atoms with Gasteiger partial charge in [-0.1, -0.05) is 19.1 Å². The Hall–Kier alpha value is -4.53. The van der Waals surface area contributed by atoms with Crippen LogP contribution in [0, 0.1) is 0 Å². The predicted octanol–water partition coefficient (Wildman–Crippen LogP) is -0.0596. The summed E-state index contributed by atoms with van der Waals surface area (Å²) in [6, 6.07) is 7.06. The van der Waals surface area contributed by atoms with Crippen molar-refractivity contribution < 1.29 is 9.59 Å². The second-order valence-corrected chi connectivity index (χ2v) is 7.39. The van der Waals surface area contributed by atoms with Crippen LogP contribution >= 0.6 is 0 Å².